The zero-order chi connectivity index (χ0) is 46.2. The maximum absolute atomic E-state index is 12.9. The molecule has 6 atom stereocenters. The molecule has 1 fully saturated rings. The molecule has 1 heterocycles. The van der Waals surface area contributed by atoms with Crippen LogP contribution in [-0.4, -0.2) is 96.0 Å². The topological polar surface area (TPSA) is 186 Å². The van der Waals surface area contributed by atoms with E-state index in [1.54, 1.807) is 0 Å². The lowest BCUT2D eigenvalue weighted by Gasteiger charge is -2.40. The summed E-state index contributed by atoms with van der Waals surface area (Å²) in [6, 6.07) is 0. The van der Waals surface area contributed by atoms with Crippen LogP contribution in [0.4, 0.5) is 0 Å². The Kier molecular flexibility index (Phi) is 38.7. The molecule has 0 bridgehead atoms. The Bertz CT molecular complexity index is 1170. The van der Waals surface area contributed by atoms with Gasteiger partial charge in [0.2, 0.25) is 0 Å². The Morgan fingerprint density at radius 2 is 0.810 bits per heavy atom. The lowest BCUT2D eigenvalue weighted by molar-refractivity contribution is -0.297. The van der Waals surface area contributed by atoms with Crippen molar-refractivity contribution < 1.29 is 56.8 Å². The highest BCUT2D eigenvalue weighted by atomic mass is 32.2. The Morgan fingerprint density at radius 1 is 0.476 bits per heavy atom. The van der Waals surface area contributed by atoms with E-state index in [1.165, 1.54) is 173 Å². The van der Waals surface area contributed by atoms with Crippen LogP contribution in [0, 0.1) is 0 Å². The van der Waals surface area contributed by atoms with Crippen LogP contribution in [0.15, 0.2) is 0 Å². The molecule has 374 valence electrons. The zero-order valence-corrected chi connectivity index (χ0v) is 41.0. The second-order valence-corrected chi connectivity index (χ2v) is 20.1. The van der Waals surface area contributed by atoms with Gasteiger partial charge in [0.25, 0.3) is 10.1 Å². The van der Waals surface area contributed by atoms with E-state index < -0.39 is 71.2 Å². The predicted octanol–water partition coefficient (Wildman–Crippen LogP) is 11.6. The number of carbonyl (C=O) groups excluding carboxylic acids is 2. The van der Waals surface area contributed by atoms with Gasteiger partial charge in [0.1, 0.15) is 36.8 Å². The number of hydrogen-bond donors (Lipinski definition) is 4. The van der Waals surface area contributed by atoms with Crippen LogP contribution in [0.2, 0.25) is 0 Å². The molecule has 4 N–H and O–H groups in total. The molecule has 6 unspecified atom stereocenters. The molecule has 1 rings (SSSR count). The monoisotopic (exact) mass is 921 g/mol. The second kappa shape index (κ2) is 40.9. The maximum Gasteiger partial charge on any atom is 0.306 e. The van der Waals surface area contributed by atoms with Crippen LogP contribution in [0.1, 0.15) is 251 Å². The average Bonchev–Trinajstić information content (AvgIpc) is 3.25. The van der Waals surface area contributed by atoms with Crippen LogP contribution < -0.4 is 0 Å². The SMILES string of the molecule is CCCCCCCCCCCCCCCCCCCCCCC(=O)OC(COC(=O)CCCCCCCCCCCCCCCCC)COC1OC(CS(=O)(=O)O)C(O)C(O)C1O. The van der Waals surface area contributed by atoms with Crippen LogP contribution in [0.3, 0.4) is 0 Å². The van der Waals surface area contributed by atoms with Crippen molar-refractivity contribution in [2.45, 2.75) is 288 Å². The highest BCUT2D eigenvalue weighted by Crippen LogP contribution is 2.24. The number of ether oxygens (including phenoxy) is 4. The number of esters is 2. The van der Waals surface area contributed by atoms with Gasteiger partial charge in [-0.25, -0.2) is 0 Å². The third kappa shape index (κ3) is 35.5. The minimum absolute atomic E-state index is 0.173. The van der Waals surface area contributed by atoms with Gasteiger partial charge in [-0.05, 0) is 12.8 Å². The van der Waals surface area contributed by atoms with Crippen molar-refractivity contribution in [3.05, 3.63) is 0 Å². The zero-order valence-electron chi connectivity index (χ0n) is 40.2. The third-order valence-electron chi connectivity index (χ3n) is 12.4. The van der Waals surface area contributed by atoms with Crippen molar-refractivity contribution in [3.63, 3.8) is 0 Å². The summed E-state index contributed by atoms with van der Waals surface area (Å²) < 4.78 is 54.2. The third-order valence-corrected chi connectivity index (χ3v) is 13.2. The van der Waals surface area contributed by atoms with Gasteiger partial charge in [0, 0.05) is 12.8 Å². The molecule has 63 heavy (non-hydrogen) atoms. The van der Waals surface area contributed by atoms with Crippen molar-refractivity contribution in [1.82, 2.24) is 0 Å². The molecule has 0 amide bonds. The van der Waals surface area contributed by atoms with Gasteiger partial charge >= 0.3 is 11.9 Å². The fourth-order valence-corrected chi connectivity index (χ4v) is 9.08. The first-order valence-corrected chi connectivity index (χ1v) is 27.7. The van der Waals surface area contributed by atoms with Crippen molar-refractivity contribution >= 4 is 22.1 Å². The van der Waals surface area contributed by atoms with Gasteiger partial charge in [-0.2, -0.15) is 8.42 Å². The summed E-state index contributed by atoms with van der Waals surface area (Å²) in [7, 11) is -4.60. The Balaban J connectivity index is 2.34. The highest BCUT2D eigenvalue weighted by molar-refractivity contribution is 7.85. The van der Waals surface area contributed by atoms with Crippen LogP contribution >= 0.6 is 0 Å². The molecule has 1 aliphatic heterocycles. The van der Waals surface area contributed by atoms with Crippen molar-refractivity contribution in [1.29, 1.82) is 0 Å². The largest absolute Gasteiger partial charge is 0.462 e. The summed E-state index contributed by atoms with van der Waals surface area (Å²) in [5, 5.41) is 31.0. The van der Waals surface area contributed by atoms with Crippen LogP contribution in [0.25, 0.3) is 0 Å². The molecule has 13 heteroatoms. The number of aliphatic hydroxyl groups is 3. The summed E-state index contributed by atoms with van der Waals surface area (Å²) in [5.74, 6) is -1.96. The lowest BCUT2D eigenvalue weighted by Crippen LogP contribution is -2.60. The first-order valence-electron chi connectivity index (χ1n) is 26.1. The van der Waals surface area contributed by atoms with Crippen LogP contribution in [0.5, 0.6) is 0 Å². The summed E-state index contributed by atoms with van der Waals surface area (Å²) in [5.41, 5.74) is 0. The number of hydrogen-bond acceptors (Lipinski definition) is 11. The number of aliphatic hydroxyl groups excluding tert-OH is 3. The Labute approximate surface area is 384 Å². The molecule has 0 saturated carbocycles. The van der Waals surface area contributed by atoms with E-state index in [9.17, 15) is 37.9 Å². The van der Waals surface area contributed by atoms with Crippen molar-refractivity contribution in [2.75, 3.05) is 19.0 Å². The molecule has 1 aliphatic rings. The second-order valence-electron chi connectivity index (χ2n) is 18.6. The number of carbonyl (C=O) groups is 2. The maximum atomic E-state index is 12.9. The standard InChI is InChI=1S/C50H96O12S/c1-3-5-7-9-11-13-15-17-19-20-21-22-23-25-27-29-31-33-35-37-39-46(52)61-43(41-60-50-49(55)48(54)47(53)44(62-50)42-63(56,57)58)40-59-45(51)38-36-34-32-30-28-26-24-18-16-14-12-10-8-6-4-2/h43-44,47-50,53-55H,3-42H2,1-2H3,(H,56,57,58). The summed E-state index contributed by atoms with van der Waals surface area (Å²) >= 11 is 0. The molecular formula is C50H96O12S. The van der Waals surface area contributed by atoms with Crippen molar-refractivity contribution in [2.24, 2.45) is 0 Å². The normalized spacial score (nSPS) is 19.6. The lowest BCUT2D eigenvalue weighted by atomic mass is 10.00. The molecule has 0 aromatic heterocycles. The Hall–Kier alpha value is -1.35. The van der Waals surface area contributed by atoms with Gasteiger partial charge in [0.05, 0.1) is 6.61 Å². The first-order chi connectivity index (χ1) is 30.5. The van der Waals surface area contributed by atoms with Gasteiger partial charge in [-0.15, -0.1) is 0 Å². The van der Waals surface area contributed by atoms with E-state index in [1.807, 2.05) is 0 Å². The first kappa shape index (κ1) is 59.7. The van der Waals surface area contributed by atoms with E-state index in [0.29, 0.717) is 12.8 Å². The minimum atomic E-state index is -4.60. The summed E-state index contributed by atoms with van der Waals surface area (Å²) in [6.07, 6.45) is 34.3. The summed E-state index contributed by atoms with van der Waals surface area (Å²) in [6.45, 7) is 3.81. The van der Waals surface area contributed by atoms with Crippen LogP contribution in [-0.2, 0) is 38.7 Å². The molecule has 0 aromatic rings. The van der Waals surface area contributed by atoms with Gasteiger partial charge in [-0.1, -0.05) is 226 Å². The minimum Gasteiger partial charge on any atom is -0.462 e. The number of unbranched alkanes of at least 4 members (excludes halogenated alkanes) is 33. The molecular weight excluding hydrogens is 825 g/mol. The average molecular weight is 921 g/mol. The van der Waals surface area contributed by atoms with Gasteiger partial charge in [-0.3, -0.25) is 14.1 Å². The van der Waals surface area contributed by atoms with E-state index in [0.717, 1.165) is 38.5 Å². The van der Waals surface area contributed by atoms with Crippen molar-refractivity contribution in [3.8, 4) is 0 Å². The Morgan fingerprint density at radius 3 is 1.16 bits per heavy atom. The summed E-state index contributed by atoms with van der Waals surface area (Å²) in [4.78, 5) is 25.5. The van der Waals surface area contributed by atoms with Gasteiger partial charge in [0.15, 0.2) is 12.4 Å². The molecule has 0 spiro atoms. The van der Waals surface area contributed by atoms with E-state index in [2.05, 4.69) is 13.8 Å². The highest BCUT2D eigenvalue weighted by Gasteiger charge is 2.46. The van der Waals surface area contributed by atoms with E-state index in [4.69, 9.17) is 18.9 Å². The van der Waals surface area contributed by atoms with Gasteiger partial charge < -0.3 is 34.3 Å². The number of rotatable bonds is 45. The molecule has 12 nitrogen and oxygen atoms in total. The molecule has 0 aliphatic carbocycles. The molecule has 0 aromatic carbocycles. The molecule has 1 saturated heterocycles. The molecule has 0 radical (unpaired) electrons. The van der Waals surface area contributed by atoms with E-state index >= 15 is 0 Å². The van der Waals surface area contributed by atoms with E-state index in [-0.39, 0.29) is 19.4 Å². The smallest absolute Gasteiger partial charge is 0.306 e. The predicted molar refractivity (Wildman–Crippen MR) is 252 cm³/mol. The fraction of sp³-hybridized carbons (Fsp3) is 0.960. The quantitative estimate of drug-likeness (QED) is 0.0258. The fourth-order valence-electron chi connectivity index (χ4n) is 8.39.